The lowest BCUT2D eigenvalue weighted by molar-refractivity contribution is 0.136. The van der Waals surface area contributed by atoms with Crippen LogP contribution in [0.25, 0.3) is 0 Å². The minimum Gasteiger partial charge on any atom is -0.497 e. The summed E-state index contributed by atoms with van der Waals surface area (Å²) >= 11 is 0. The Labute approximate surface area is 74.0 Å². The van der Waals surface area contributed by atoms with Crippen LogP contribution in [0.4, 0.5) is 0 Å². The fourth-order valence-corrected chi connectivity index (χ4v) is 2.26. The summed E-state index contributed by atoms with van der Waals surface area (Å²) in [7, 11) is 0. The van der Waals surface area contributed by atoms with E-state index >= 15 is 0 Å². The van der Waals surface area contributed by atoms with Crippen LogP contribution in [0.2, 0.25) is 0 Å². The summed E-state index contributed by atoms with van der Waals surface area (Å²) in [6, 6.07) is 0. The largest absolute Gasteiger partial charge is 0.497 e. The molecule has 1 spiro atoms. The average molecular weight is 167 g/mol. The van der Waals surface area contributed by atoms with Gasteiger partial charge in [-0.15, -0.1) is 0 Å². The van der Waals surface area contributed by atoms with Crippen LogP contribution in [0.15, 0.2) is 11.3 Å². The molecule has 0 saturated carbocycles. The van der Waals surface area contributed by atoms with Gasteiger partial charge in [-0.05, 0) is 45.4 Å². The maximum absolute atomic E-state index is 5.61. The first kappa shape index (κ1) is 8.11. The minimum atomic E-state index is 0.398. The molecule has 0 atom stereocenters. The van der Waals surface area contributed by atoms with E-state index < -0.39 is 0 Å². The van der Waals surface area contributed by atoms with Crippen LogP contribution in [0.1, 0.15) is 26.7 Å². The lowest BCUT2D eigenvalue weighted by Gasteiger charge is -2.33. The Hall–Kier alpha value is -0.500. The topological polar surface area (TPSA) is 21.3 Å². The van der Waals surface area contributed by atoms with Gasteiger partial charge in [0.1, 0.15) is 0 Å². The van der Waals surface area contributed by atoms with Gasteiger partial charge in [0.05, 0.1) is 12.4 Å². The molecule has 0 aromatic rings. The van der Waals surface area contributed by atoms with Crippen LogP contribution in [0.5, 0.6) is 0 Å². The zero-order valence-electron chi connectivity index (χ0n) is 7.94. The van der Waals surface area contributed by atoms with Crippen LogP contribution < -0.4 is 5.32 Å². The molecule has 0 bridgehead atoms. The molecule has 2 nitrogen and oxygen atoms in total. The second kappa shape index (κ2) is 2.77. The van der Waals surface area contributed by atoms with E-state index in [4.69, 9.17) is 4.74 Å². The summed E-state index contributed by atoms with van der Waals surface area (Å²) in [6.07, 6.45) is 2.49. The van der Waals surface area contributed by atoms with Gasteiger partial charge in [-0.25, -0.2) is 0 Å². The van der Waals surface area contributed by atoms with E-state index in [1.165, 1.54) is 18.4 Å². The Morgan fingerprint density at radius 2 is 1.92 bits per heavy atom. The van der Waals surface area contributed by atoms with Crippen LogP contribution in [-0.2, 0) is 4.74 Å². The monoisotopic (exact) mass is 167 g/mol. The van der Waals surface area contributed by atoms with Crippen molar-refractivity contribution in [2.75, 3.05) is 19.7 Å². The van der Waals surface area contributed by atoms with Gasteiger partial charge < -0.3 is 10.1 Å². The van der Waals surface area contributed by atoms with E-state index in [1.54, 1.807) is 0 Å². The molecule has 1 N–H and O–H groups in total. The summed E-state index contributed by atoms with van der Waals surface area (Å²) < 4.78 is 5.61. The summed E-state index contributed by atoms with van der Waals surface area (Å²) in [6.45, 7) is 7.54. The number of nitrogens with one attached hydrogen (secondary N) is 1. The molecule has 68 valence electrons. The highest BCUT2D eigenvalue weighted by molar-refractivity contribution is 5.21. The first-order valence-electron chi connectivity index (χ1n) is 4.76. The quantitative estimate of drug-likeness (QED) is 0.592. The minimum absolute atomic E-state index is 0.398. The van der Waals surface area contributed by atoms with Crippen molar-refractivity contribution in [3.05, 3.63) is 11.3 Å². The number of rotatable bonds is 0. The zero-order valence-corrected chi connectivity index (χ0v) is 7.94. The van der Waals surface area contributed by atoms with Crippen LogP contribution in [-0.4, -0.2) is 19.7 Å². The predicted octanol–water partition coefficient (Wildman–Crippen LogP) is 1.68. The van der Waals surface area contributed by atoms with Crippen LogP contribution in [0.3, 0.4) is 0 Å². The molecular weight excluding hydrogens is 150 g/mol. The van der Waals surface area contributed by atoms with Gasteiger partial charge in [0.25, 0.3) is 0 Å². The van der Waals surface area contributed by atoms with Gasteiger partial charge in [-0.1, -0.05) is 0 Å². The fraction of sp³-hybridized carbons (Fsp3) is 0.800. The molecule has 1 saturated heterocycles. The molecule has 2 aliphatic heterocycles. The highest BCUT2D eigenvalue weighted by Gasteiger charge is 2.39. The molecule has 0 aromatic carbocycles. The van der Waals surface area contributed by atoms with E-state index in [0.29, 0.717) is 5.41 Å². The third-order valence-electron chi connectivity index (χ3n) is 3.45. The highest BCUT2D eigenvalue weighted by atomic mass is 16.5. The van der Waals surface area contributed by atoms with E-state index in [9.17, 15) is 0 Å². The van der Waals surface area contributed by atoms with E-state index in [1.807, 2.05) is 0 Å². The Bertz CT molecular complexity index is 214. The molecule has 0 aromatic heterocycles. The van der Waals surface area contributed by atoms with Crippen molar-refractivity contribution < 1.29 is 4.74 Å². The van der Waals surface area contributed by atoms with Gasteiger partial charge in [0, 0.05) is 5.41 Å². The lowest BCUT2D eigenvalue weighted by Crippen LogP contribution is -2.38. The maximum atomic E-state index is 5.61. The number of hydrogen-bond donors (Lipinski definition) is 1. The molecule has 2 aliphatic rings. The summed E-state index contributed by atoms with van der Waals surface area (Å²) in [5, 5.41) is 3.39. The third-order valence-corrected chi connectivity index (χ3v) is 3.45. The highest BCUT2D eigenvalue weighted by Crippen LogP contribution is 2.43. The van der Waals surface area contributed by atoms with Crippen molar-refractivity contribution in [3.63, 3.8) is 0 Å². The first-order chi connectivity index (χ1) is 5.75. The third kappa shape index (κ3) is 1.06. The molecule has 0 amide bonds. The number of ether oxygens (including phenoxy) is 1. The first-order valence-corrected chi connectivity index (χ1v) is 4.76. The predicted molar refractivity (Wildman–Crippen MR) is 48.9 cm³/mol. The Balaban J connectivity index is 2.21. The Morgan fingerprint density at radius 3 is 2.42 bits per heavy atom. The van der Waals surface area contributed by atoms with Crippen molar-refractivity contribution in [3.8, 4) is 0 Å². The second-order valence-corrected chi connectivity index (χ2v) is 4.00. The smallest absolute Gasteiger partial charge is 0.0972 e. The van der Waals surface area contributed by atoms with Crippen molar-refractivity contribution in [1.82, 2.24) is 5.32 Å². The van der Waals surface area contributed by atoms with Gasteiger partial charge in [-0.2, -0.15) is 0 Å². The van der Waals surface area contributed by atoms with Crippen molar-refractivity contribution in [2.45, 2.75) is 26.7 Å². The average Bonchev–Trinajstić information content (AvgIpc) is 2.37. The Kier molecular flexibility index (Phi) is 1.87. The van der Waals surface area contributed by atoms with Gasteiger partial charge in [0.2, 0.25) is 0 Å². The number of hydrogen-bond acceptors (Lipinski definition) is 2. The maximum Gasteiger partial charge on any atom is 0.0972 e. The van der Waals surface area contributed by atoms with Crippen molar-refractivity contribution in [2.24, 2.45) is 5.41 Å². The van der Waals surface area contributed by atoms with Crippen LogP contribution >= 0.6 is 0 Å². The van der Waals surface area contributed by atoms with Gasteiger partial charge in [0.15, 0.2) is 0 Å². The summed E-state index contributed by atoms with van der Waals surface area (Å²) in [5.74, 6) is 1.16. The molecule has 2 heteroatoms. The molecule has 0 aliphatic carbocycles. The van der Waals surface area contributed by atoms with E-state index in [0.717, 1.165) is 25.5 Å². The Morgan fingerprint density at radius 1 is 1.25 bits per heavy atom. The normalized spacial score (nSPS) is 27.8. The molecule has 0 radical (unpaired) electrons. The summed E-state index contributed by atoms with van der Waals surface area (Å²) in [4.78, 5) is 0. The van der Waals surface area contributed by atoms with Gasteiger partial charge >= 0.3 is 0 Å². The zero-order chi connectivity index (χ0) is 8.60. The molecule has 1 fully saturated rings. The molecule has 2 rings (SSSR count). The molecular formula is C10H17NO. The standard InChI is InChI=1S/C10H17NO/c1-8-9(2)12-7-10(8)3-5-11-6-4-10/h11H,3-7H2,1-2H3. The summed E-state index contributed by atoms with van der Waals surface area (Å²) in [5.41, 5.74) is 1.89. The second-order valence-electron chi connectivity index (χ2n) is 4.00. The SMILES string of the molecule is CC1=C(C)C2(CCNCC2)CO1. The number of allylic oxidation sites excluding steroid dienone is 1. The fourth-order valence-electron chi connectivity index (χ4n) is 2.26. The van der Waals surface area contributed by atoms with E-state index in [2.05, 4.69) is 19.2 Å². The molecule has 2 heterocycles. The lowest BCUT2D eigenvalue weighted by atomic mass is 9.75. The molecule has 12 heavy (non-hydrogen) atoms. The molecule has 0 unspecified atom stereocenters. The number of piperidine rings is 1. The van der Waals surface area contributed by atoms with Gasteiger partial charge in [-0.3, -0.25) is 0 Å². The van der Waals surface area contributed by atoms with Crippen molar-refractivity contribution >= 4 is 0 Å². The van der Waals surface area contributed by atoms with E-state index in [-0.39, 0.29) is 0 Å². The van der Waals surface area contributed by atoms with Crippen LogP contribution in [0, 0.1) is 5.41 Å². The van der Waals surface area contributed by atoms with Crippen molar-refractivity contribution in [1.29, 1.82) is 0 Å².